The van der Waals surface area contributed by atoms with E-state index in [-0.39, 0.29) is 0 Å². The zero-order valence-corrected chi connectivity index (χ0v) is 12.2. The van der Waals surface area contributed by atoms with Gasteiger partial charge in [0.2, 0.25) is 0 Å². The summed E-state index contributed by atoms with van der Waals surface area (Å²) < 4.78 is 10.9. The van der Waals surface area contributed by atoms with E-state index in [1.807, 2.05) is 6.07 Å². The van der Waals surface area contributed by atoms with Gasteiger partial charge >= 0.3 is 0 Å². The maximum absolute atomic E-state index is 5.52. The summed E-state index contributed by atoms with van der Waals surface area (Å²) in [4.78, 5) is 2.56. The molecule has 0 aromatic heterocycles. The van der Waals surface area contributed by atoms with Crippen LogP contribution in [0.25, 0.3) is 0 Å². The van der Waals surface area contributed by atoms with Gasteiger partial charge in [0.05, 0.1) is 19.9 Å². The Bertz CT molecular complexity index is 472. The molecule has 5 heteroatoms. The van der Waals surface area contributed by atoms with E-state index in [1.165, 1.54) is 5.56 Å². The van der Waals surface area contributed by atoms with Gasteiger partial charge in [0, 0.05) is 44.8 Å². The molecule has 1 fully saturated rings. The normalized spacial score (nSPS) is 22.8. The lowest BCUT2D eigenvalue weighted by Gasteiger charge is -2.39. The Kier molecular flexibility index (Phi) is 3.98. The number of fused-ring (bicyclic) bond motifs is 1. The van der Waals surface area contributed by atoms with Crippen molar-refractivity contribution in [1.82, 2.24) is 10.2 Å². The number of piperazine rings is 1. The van der Waals surface area contributed by atoms with Crippen LogP contribution in [0, 0.1) is 0 Å². The Morgan fingerprint density at radius 1 is 1.10 bits per heavy atom. The van der Waals surface area contributed by atoms with E-state index in [0.29, 0.717) is 6.04 Å². The number of hydrogen-bond donors (Lipinski definition) is 2. The highest BCUT2D eigenvalue weighted by molar-refractivity contribution is 5.67. The quantitative estimate of drug-likeness (QED) is 0.876. The van der Waals surface area contributed by atoms with Gasteiger partial charge in [-0.25, -0.2) is 0 Å². The Morgan fingerprint density at radius 3 is 2.60 bits per heavy atom. The third-order valence-electron chi connectivity index (χ3n) is 4.23. The number of rotatable bonds is 3. The highest BCUT2D eigenvalue weighted by atomic mass is 16.5. The molecule has 0 saturated carbocycles. The summed E-state index contributed by atoms with van der Waals surface area (Å²) in [5.41, 5.74) is 2.43. The molecule has 2 aliphatic rings. The minimum absolute atomic E-state index is 0.456. The van der Waals surface area contributed by atoms with Crippen LogP contribution in [-0.4, -0.2) is 51.8 Å². The van der Waals surface area contributed by atoms with Crippen molar-refractivity contribution < 1.29 is 9.47 Å². The molecule has 110 valence electrons. The Labute approximate surface area is 120 Å². The van der Waals surface area contributed by atoms with Crippen LogP contribution < -0.4 is 20.1 Å². The highest BCUT2D eigenvalue weighted by Gasteiger charge is 2.29. The molecule has 3 rings (SSSR count). The van der Waals surface area contributed by atoms with Crippen LogP contribution >= 0.6 is 0 Å². The van der Waals surface area contributed by atoms with Gasteiger partial charge in [0.1, 0.15) is 11.5 Å². The molecule has 20 heavy (non-hydrogen) atoms. The predicted octanol–water partition coefficient (Wildman–Crippen LogP) is 1.47. The molecule has 5 nitrogen and oxygen atoms in total. The van der Waals surface area contributed by atoms with Crippen LogP contribution in [0.3, 0.4) is 0 Å². The largest absolute Gasteiger partial charge is 0.497 e. The molecule has 0 bridgehead atoms. The first-order valence-corrected chi connectivity index (χ1v) is 7.28. The van der Waals surface area contributed by atoms with Crippen LogP contribution in [0.5, 0.6) is 11.5 Å². The zero-order chi connectivity index (χ0) is 13.9. The molecule has 2 heterocycles. The second kappa shape index (κ2) is 5.89. The molecule has 2 aliphatic heterocycles. The van der Waals surface area contributed by atoms with Gasteiger partial charge in [-0.15, -0.1) is 0 Å². The third-order valence-corrected chi connectivity index (χ3v) is 4.23. The molecule has 2 N–H and O–H groups in total. The van der Waals surface area contributed by atoms with Gasteiger partial charge < -0.3 is 20.1 Å². The molecule has 1 atom stereocenters. The van der Waals surface area contributed by atoms with Crippen LogP contribution in [0.1, 0.15) is 18.0 Å². The Morgan fingerprint density at radius 2 is 1.90 bits per heavy atom. The van der Waals surface area contributed by atoms with E-state index in [4.69, 9.17) is 9.47 Å². The summed E-state index contributed by atoms with van der Waals surface area (Å²) in [6.45, 7) is 5.33. The monoisotopic (exact) mass is 277 g/mol. The van der Waals surface area contributed by atoms with Crippen molar-refractivity contribution in [2.45, 2.75) is 12.5 Å². The van der Waals surface area contributed by atoms with Gasteiger partial charge in [-0.05, 0) is 18.1 Å². The fourth-order valence-corrected chi connectivity index (χ4v) is 3.20. The van der Waals surface area contributed by atoms with Gasteiger partial charge in [-0.1, -0.05) is 0 Å². The van der Waals surface area contributed by atoms with Crippen molar-refractivity contribution in [2.75, 3.05) is 52.3 Å². The molecule has 1 aromatic carbocycles. The number of anilines is 1. The summed E-state index contributed by atoms with van der Waals surface area (Å²) in [6.07, 6.45) is 1.13. The van der Waals surface area contributed by atoms with Crippen LogP contribution in [0.2, 0.25) is 0 Å². The smallest absolute Gasteiger partial charge is 0.145 e. The van der Waals surface area contributed by atoms with E-state index >= 15 is 0 Å². The zero-order valence-electron chi connectivity index (χ0n) is 12.2. The number of methoxy groups -OCH3 is 2. The lowest BCUT2D eigenvalue weighted by molar-refractivity contribution is 0.165. The number of benzene rings is 1. The third kappa shape index (κ3) is 2.43. The van der Waals surface area contributed by atoms with Gasteiger partial charge in [-0.3, -0.25) is 4.90 Å². The van der Waals surface area contributed by atoms with Gasteiger partial charge in [-0.2, -0.15) is 0 Å². The average molecular weight is 277 g/mol. The second-order valence-electron chi connectivity index (χ2n) is 5.31. The second-order valence-corrected chi connectivity index (χ2v) is 5.31. The number of nitrogens with zero attached hydrogens (tertiary/aromatic N) is 1. The SMILES string of the molecule is COc1cc(OC)c2c(c1)C(N1CCNCC1)CCN2. The number of hydrogen-bond acceptors (Lipinski definition) is 5. The lowest BCUT2D eigenvalue weighted by Crippen LogP contribution is -2.46. The van der Waals surface area contributed by atoms with Crippen LogP contribution in [0.4, 0.5) is 5.69 Å². The van der Waals surface area contributed by atoms with Gasteiger partial charge in [0.25, 0.3) is 0 Å². The van der Waals surface area contributed by atoms with Crippen molar-refractivity contribution in [3.8, 4) is 11.5 Å². The maximum Gasteiger partial charge on any atom is 0.145 e. The first kappa shape index (κ1) is 13.5. The average Bonchev–Trinajstić information content (AvgIpc) is 2.54. The molecule has 1 saturated heterocycles. The summed E-state index contributed by atoms with van der Waals surface area (Å²) >= 11 is 0. The van der Waals surface area contributed by atoms with E-state index in [9.17, 15) is 0 Å². The molecule has 0 spiro atoms. The van der Waals surface area contributed by atoms with Crippen LogP contribution in [0.15, 0.2) is 12.1 Å². The summed E-state index contributed by atoms with van der Waals surface area (Å²) in [7, 11) is 3.42. The molecule has 1 unspecified atom stereocenters. The molecule has 0 aliphatic carbocycles. The van der Waals surface area contributed by atoms with E-state index in [2.05, 4.69) is 21.6 Å². The molecular weight excluding hydrogens is 254 g/mol. The highest BCUT2D eigenvalue weighted by Crippen LogP contribution is 2.42. The minimum Gasteiger partial charge on any atom is -0.497 e. The topological polar surface area (TPSA) is 45.8 Å². The first-order chi connectivity index (χ1) is 9.83. The van der Waals surface area contributed by atoms with Crippen molar-refractivity contribution in [3.05, 3.63) is 17.7 Å². The number of nitrogens with one attached hydrogen (secondary N) is 2. The fourth-order valence-electron chi connectivity index (χ4n) is 3.20. The first-order valence-electron chi connectivity index (χ1n) is 7.28. The van der Waals surface area contributed by atoms with Crippen molar-refractivity contribution in [2.24, 2.45) is 0 Å². The molecule has 1 aromatic rings. The Balaban J connectivity index is 1.97. The van der Waals surface area contributed by atoms with E-state index < -0.39 is 0 Å². The molecule has 0 amide bonds. The van der Waals surface area contributed by atoms with Crippen molar-refractivity contribution >= 4 is 5.69 Å². The summed E-state index contributed by atoms with van der Waals surface area (Å²) in [5, 5.41) is 6.90. The van der Waals surface area contributed by atoms with Gasteiger partial charge in [0.15, 0.2) is 0 Å². The summed E-state index contributed by atoms with van der Waals surface area (Å²) in [6, 6.07) is 4.56. The standard InChI is InChI=1S/C15H23N3O2/c1-19-11-9-12-13(18-7-5-16-6-8-18)3-4-17-15(12)14(10-11)20-2/h9-10,13,16-17H,3-8H2,1-2H3. The molecular formula is C15H23N3O2. The molecule has 0 radical (unpaired) electrons. The predicted molar refractivity (Wildman–Crippen MR) is 79.8 cm³/mol. The van der Waals surface area contributed by atoms with Crippen molar-refractivity contribution in [1.29, 1.82) is 0 Å². The maximum atomic E-state index is 5.52. The van der Waals surface area contributed by atoms with Crippen molar-refractivity contribution in [3.63, 3.8) is 0 Å². The Hall–Kier alpha value is -1.46. The minimum atomic E-state index is 0.456. The summed E-state index contributed by atoms with van der Waals surface area (Å²) in [5.74, 6) is 1.74. The van der Waals surface area contributed by atoms with E-state index in [1.54, 1.807) is 14.2 Å². The number of ether oxygens (including phenoxy) is 2. The van der Waals surface area contributed by atoms with Crippen LogP contribution in [-0.2, 0) is 0 Å². The fraction of sp³-hybridized carbons (Fsp3) is 0.600. The van der Waals surface area contributed by atoms with E-state index in [0.717, 1.165) is 56.3 Å². The lowest BCUT2D eigenvalue weighted by atomic mass is 9.95.